The molecule has 0 aliphatic heterocycles. The Morgan fingerprint density at radius 2 is 2.00 bits per heavy atom. The van der Waals surface area contributed by atoms with Gasteiger partial charge in [0.05, 0.1) is 0 Å². The predicted molar refractivity (Wildman–Crippen MR) is 52.3 cm³/mol. The van der Waals surface area contributed by atoms with Crippen LogP contribution in [0.15, 0.2) is 24.3 Å². The summed E-state index contributed by atoms with van der Waals surface area (Å²) in [6, 6.07) is 4.77. The molecule has 0 amide bonds. The van der Waals surface area contributed by atoms with E-state index in [1.807, 2.05) is 0 Å². The molecule has 0 saturated heterocycles. The number of rotatable bonds is 5. The summed E-state index contributed by atoms with van der Waals surface area (Å²) in [6.07, 6.45) is 0. The van der Waals surface area contributed by atoms with Gasteiger partial charge in [-0.25, -0.2) is 0 Å². The van der Waals surface area contributed by atoms with Gasteiger partial charge in [0.2, 0.25) is 0 Å². The maximum Gasteiger partial charge on any atom is 0.509 e. The number of hydrogen-bond donors (Lipinski definition) is 0. The quantitative estimate of drug-likeness (QED) is 0.429. The van der Waals surface area contributed by atoms with E-state index in [-0.39, 0.29) is 12.5 Å². The van der Waals surface area contributed by atoms with Crippen molar-refractivity contribution in [3.63, 3.8) is 0 Å². The van der Waals surface area contributed by atoms with Crippen LogP contribution in [0.3, 0.4) is 0 Å². The Bertz CT molecular complexity index is 314. The Labute approximate surface area is 86.1 Å². The van der Waals surface area contributed by atoms with Crippen LogP contribution in [0.25, 0.3) is 0 Å². The molecule has 0 atom stereocenters. The number of hydrogen-bond acceptors (Lipinski definition) is 2. The third-order valence-corrected chi connectivity index (χ3v) is 1.75. The average molecular weight is 219 g/mol. The standard InChI is InChI=1S/C9H11BF3O2/c1-2-14-7-15-9-5-3-4-8(6-9)10(11,12)13/h3-6H,2,7H2,1H3/q-1. The lowest BCUT2D eigenvalue weighted by Crippen LogP contribution is -2.33. The van der Waals surface area contributed by atoms with E-state index in [2.05, 4.69) is 0 Å². The van der Waals surface area contributed by atoms with E-state index in [0.717, 1.165) is 12.1 Å². The number of ether oxygens (including phenoxy) is 2. The fourth-order valence-corrected chi connectivity index (χ4v) is 1.00. The van der Waals surface area contributed by atoms with Gasteiger partial charge in [-0.15, -0.1) is 5.46 Å². The van der Waals surface area contributed by atoms with E-state index < -0.39 is 12.4 Å². The fraction of sp³-hybridized carbons (Fsp3) is 0.333. The van der Waals surface area contributed by atoms with Gasteiger partial charge in [0.1, 0.15) is 5.75 Å². The first-order valence-electron chi connectivity index (χ1n) is 4.54. The van der Waals surface area contributed by atoms with Crippen LogP contribution in [-0.4, -0.2) is 20.4 Å². The van der Waals surface area contributed by atoms with Crippen molar-refractivity contribution >= 4 is 12.4 Å². The van der Waals surface area contributed by atoms with Gasteiger partial charge < -0.3 is 22.4 Å². The Hall–Kier alpha value is -1.17. The minimum Gasteiger partial charge on any atom is -0.468 e. The molecular weight excluding hydrogens is 208 g/mol. The van der Waals surface area contributed by atoms with Crippen LogP contribution in [0.1, 0.15) is 6.92 Å². The van der Waals surface area contributed by atoms with Crippen molar-refractivity contribution in [3.8, 4) is 5.75 Å². The first kappa shape index (κ1) is 11.9. The molecule has 0 radical (unpaired) electrons. The average Bonchev–Trinajstić information content (AvgIpc) is 2.17. The summed E-state index contributed by atoms with van der Waals surface area (Å²) in [7, 11) is 0. The van der Waals surface area contributed by atoms with Crippen molar-refractivity contribution in [2.24, 2.45) is 0 Å². The Balaban J connectivity index is 2.66. The molecule has 84 valence electrons. The highest BCUT2D eigenvalue weighted by molar-refractivity contribution is 6.73. The second kappa shape index (κ2) is 5.07. The van der Waals surface area contributed by atoms with Crippen molar-refractivity contribution < 1.29 is 22.4 Å². The minimum atomic E-state index is -4.97. The van der Waals surface area contributed by atoms with Gasteiger partial charge in [0.25, 0.3) is 0 Å². The summed E-state index contributed by atoms with van der Waals surface area (Å²) in [6.45, 7) is -2.77. The molecule has 0 aromatic heterocycles. The first-order valence-corrected chi connectivity index (χ1v) is 4.54. The van der Waals surface area contributed by atoms with Crippen LogP contribution in [-0.2, 0) is 4.74 Å². The SMILES string of the molecule is CCOCOc1cccc([B-](F)(F)F)c1. The van der Waals surface area contributed by atoms with Crippen LogP contribution in [0, 0.1) is 0 Å². The van der Waals surface area contributed by atoms with Crippen molar-refractivity contribution in [1.82, 2.24) is 0 Å². The van der Waals surface area contributed by atoms with Crippen LogP contribution in [0.4, 0.5) is 12.9 Å². The van der Waals surface area contributed by atoms with E-state index in [1.54, 1.807) is 6.92 Å². The van der Waals surface area contributed by atoms with Gasteiger partial charge in [-0.1, -0.05) is 12.1 Å². The molecule has 0 spiro atoms. The lowest BCUT2D eigenvalue weighted by molar-refractivity contribution is 0.0224. The molecular formula is C9H11BF3O2-. The molecule has 6 heteroatoms. The van der Waals surface area contributed by atoms with Gasteiger partial charge in [0, 0.05) is 6.61 Å². The highest BCUT2D eigenvalue weighted by Crippen LogP contribution is 2.14. The van der Waals surface area contributed by atoms with E-state index >= 15 is 0 Å². The van der Waals surface area contributed by atoms with E-state index in [4.69, 9.17) is 9.47 Å². The number of halogens is 3. The van der Waals surface area contributed by atoms with Gasteiger partial charge in [-0.2, -0.15) is 0 Å². The zero-order valence-electron chi connectivity index (χ0n) is 8.25. The van der Waals surface area contributed by atoms with Crippen molar-refractivity contribution in [2.45, 2.75) is 6.92 Å². The van der Waals surface area contributed by atoms with Gasteiger partial charge in [-0.05, 0) is 19.1 Å². The molecule has 0 fully saturated rings. The summed E-state index contributed by atoms with van der Waals surface area (Å²) in [5.74, 6) is 0.167. The van der Waals surface area contributed by atoms with E-state index in [9.17, 15) is 12.9 Å². The predicted octanol–water partition coefficient (Wildman–Crippen LogP) is 2.11. The van der Waals surface area contributed by atoms with Crippen LogP contribution in [0.5, 0.6) is 5.75 Å². The summed E-state index contributed by atoms with van der Waals surface area (Å²) >= 11 is 0. The molecule has 1 rings (SSSR count). The van der Waals surface area contributed by atoms with Gasteiger partial charge >= 0.3 is 6.98 Å². The lowest BCUT2D eigenvalue weighted by Gasteiger charge is -2.15. The summed E-state index contributed by atoms with van der Waals surface area (Å²) in [5, 5.41) is 0. The lowest BCUT2D eigenvalue weighted by atomic mass is 9.80. The molecule has 0 bridgehead atoms. The Kier molecular flexibility index (Phi) is 4.02. The molecule has 2 nitrogen and oxygen atoms in total. The topological polar surface area (TPSA) is 18.5 Å². The van der Waals surface area contributed by atoms with Gasteiger partial charge in [0.15, 0.2) is 6.79 Å². The molecule has 15 heavy (non-hydrogen) atoms. The smallest absolute Gasteiger partial charge is 0.468 e. The Morgan fingerprint density at radius 3 is 2.60 bits per heavy atom. The minimum absolute atomic E-state index is 0.0369. The molecule has 0 aliphatic rings. The fourth-order valence-electron chi connectivity index (χ4n) is 1.00. The first-order chi connectivity index (χ1) is 7.04. The van der Waals surface area contributed by atoms with Crippen LogP contribution < -0.4 is 10.2 Å². The zero-order valence-corrected chi connectivity index (χ0v) is 8.25. The normalized spacial score (nSPS) is 11.5. The number of benzene rings is 1. The molecule has 1 aromatic carbocycles. The third-order valence-electron chi connectivity index (χ3n) is 1.75. The van der Waals surface area contributed by atoms with Gasteiger partial charge in [-0.3, -0.25) is 0 Å². The summed E-state index contributed by atoms with van der Waals surface area (Å²) in [5.41, 5.74) is -0.663. The second-order valence-electron chi connectivity index (χ2n) is 2.90. The zero-order chi connectivity index (χ0) is 11.3. The monoisotopic (exact) mass is 219 g/mol. The molecule has 0 aliphatic carbocycles. The maximum absolute atomic E-state index is 12.3. The summed E-state index contributed by atoms with van der Waals surface area (Å²) in [4.78, 5) is 0. The third kappa shape index (κ3) is 3.83. The van der Waals surface area contributed by atoms with Crippen LogP contribution >= 0.6 is 0 Å². The Morgan fingerprint density at radius 1 is 1.27 bits per heavy atom. The summed E-state index contributed by atoms with van der Waals surface area (Å²) < 4.78 is 46.8. The van der Waals surface area contributed by atoms with E-state index in [0.29, 0.717) is 6.61 Å². The van der Waals surface area contributed by atoms with Crippen LogP contribution in [0.2, 0.25) is 0 Å². The second-order valence-corrected chi connectivity index (χ2v) is 2.90. The molecule has 0 N–H and O–H groups in total. The van der Waals surface area contributed by atoms with Crippen molar-refractivity contribution in [3.05, 3.63) is 24.3 Å². The maximum atomic E-state index is 12.3. The molecule has 0 heterocycles. The van der Waals surface area contributed by atoms with Crippen molar-refractivity contribution in [1.29, 1.82) is 0 Å². The van der Waals surface area contributed by atoms with Crippen molar-refractivity contribution in [2.75, 3.05) is 13.4 Å². The molecule has 1 aromatic rings. The largest absolute Gasteiger partial charge is 0.509 e. The molecule has 0 saturated carbocycles. The highest BCUT2D eigenvalue weighted by Gasteiger charge is 2.25. The highest BCUT2D eigenvalue weighted by atomic mass is 19.4. The molecule has 0 unspecified atom stereocenters. The van der Waals surface area contributed by atoms with E-state index in [1.165, 1.54) is 12.1 Å².